The topological polar surface area (TPSA) is 12.0 Å². The molecule has 94 valence electrons. The van der Waals surface area contributed by atoms with Gasteiger partial charge in [-0.3, -0.25) is 0 Å². The molecule has 2 aliphatic rings. The summed E-state index contributed by atoms with van der Waals surface area (Å²) in [4.78, 5) is 0. The Kier molecular flexibility index (Phi) is 6.50. The molecule has 1 N–H and O–H groups in total. The summed E-state index contributed by atoms with van der Waals surface area (Å²) in [6.45, 7) is 0. The van der Waals surface area contributed by atoms with Crippen LogP contribution in [0, 0.1) is 0 Å². The van der Waals surface area contributed by atoms with Crippen LogP contribution in [0.15, 0.2) is 58.8 Å². The van der Waals surface area contributed by atoms with E-state index in [2.05, 4.69) is 51.9 Å². The molecule has 0 aromatic carbocycles. The van der Waals surface area contributed by atoms with Crippen LogP contribution in [0.1, 0.15) is 6.42 Å². The third kappa shape index (κ3) is 4.94. The minimum absolute atomic E-state index is 1.14. The molecule has 0 atom stereocenters. The number of thiophene rings is 2. The van der Waals surface area contributed by atoms with Gasteiger partial charge in [0.05, 0.1) is 0 Å². The number of nitrogens with one attached hydrogen (secondary N) is 1. The van der Waals surface area contributed by atoms with E-state index >= 15 is 0 Å². The van der Waals surface area contributed by atoms with Crippen molar-refractivity contribution in [2.75, 3.05) is 0 Å². The van der Waals surface area contributed by atoms with Crippen LogP contribution >= 0.6 is 44.4 Å². The zero-order valence-corrected chi connectivity index (χ0v) is 12.9. The van der Waals surface area contributed by atoms with Crippen molar-refractivity contribution in [1.82, 2.24) is 4.72 Å². The molecule has 0 radical (unpaired) electrons. The quantitative estimate of drug-likeness (QED) is 0.486. The van der Waals surface area contributed by atoms with E-state index in [1.807, 2.05) is 11.6 Å². The minimum Gasteiger partial charge on any atom is -0.327 e. The lowest BCUT2D eigenvalue weighted by atomic mass is 10.5. The van der Waals surface area contributed by atoms with Crippen LogP contribution in [-0.4, -0.2) is 0 Å². The van der Waals surface area contributed by atoms with Crippen molar-refractivity contribution in [3.8, 4) is 0 Å². The molecule has 2 aromatic rings. The predicted molar refractivity (Wildman–Crippen MR) is 90.1 cm³/mol. The first-order valence-corrected chi connectivity index (χ1v) is 9.39. The van der Waals surface area contributed by atoms with Gasteiger partial charge in [-0.15, -0.1) is 22.7 Å². The Morgan fingerprint density at radius 2 is 1.61 bits per heavy atom. The fraction of sp³-hybridized carbons (Fsp3) is 0.0769. The lowest BCUT2D eigenvalue weighted by Gasteiger charge is -1.75. The van der Waals surface area contributed by atoms with Gasteiger partial charge in [0.25, 0.3) is 0 Å². The van der Waals surface area contributed by atoms with Gasteiger partial charge in [-0.2, -0.15) is 0 Å². The van der Waals surface area contributed by atoms with Gasteiger partial charge in [-0.1, -0.05) is 24.3 Å². The molecule has 0 amide bonds. The zero-order valence-electron chi connectivity index (χ0n) is 9.61. The van der Waals surface area contributed by atoms with E-state index in [-0.39, 0.29) is 0 Å². The first-order chi connectivity index (χ1) is 8.97. The van der Waals surface area contributed by atoms with Crippen LogP contribution in [-0.2, 0) is 0 Å². The molecular formula is C13H13NS4. The van der Waals surface area contributed by atoms with Crippen molar-refractivity contribution >= 4 is 53.8 Å². The molecule has 0 fully saturated rings. The van der Waals surface area contributed by atoms with E-state index in [0.29, 0.717) is 0 Å². The van der Waals surface area contributed by atoms with E-state index in [9.17, 15) is 0 Å². The maximum atomic E-state index is 2.92. The molecule has 4 rings (SSSR count). The summed E-state index contributed by atoms with van der Waals surface area (Å²) in [5.74, 6) is 0. The highest BCUT2D eigenvalue weighted by molar-refractivity contribution is 8.77. The number of allylic oxidation sites excluding steroid dienone is 4. The minimum atomic E-state index is 1.14. The summed E-state index contributed by atoms with van der Waals surface area (Å²) in [5, 5.41) is 6.26. The fourth-order valence-corrected chi connectivity index (χ4v) is 4.16. The Labute approximate surface area is 123 Å². The maximum absolute atomic E-state index is 2.92. The summed E-state index contributed by atoms with van der Waals surface area (Å²) in [6.07, 6.45) is 11.4. The van der Waals surface area contributed by atoms with Gasteiger partial charge in [0.1, 0.15) is 0 Å². The summed E-state index contributed by atoms with van der Waals surface area (Å²) in [6, 6.07) is 4.31. The summed E-state index contributed by atoms with van der Waals surface area (Å²) < 4.78 is 5.75. The van der Waals surface area contributed by atoms with Gasteiger partial charge in [0.2, 0.25) is 0 Å². The Morgan fingerprint density at radius 1 is 0.944 bits per heavy atom. The van der Waals surface area contributed by atoms with E-state index in [1.165, 1.54) is 9.40 Å². The van der Waals surface area contributed by atoms with Gasteiger partial charge >= 0.3 is 0 Å². The second-order valence-electron chi connectivity index (χ2n) is 3.26. The normalized spacial score (nSPS) is 14.9. The SMILES string of the molecule is C1=CCC=C1.C1=CSSN1.c1cc2sccc2s1. The van der Waals surface area contributed by atoms with Crippen molar-refractivity contribution in [2.24, 2.45) is 0 Å². The van der Waals surface area contributed by atoms with Gasteiger partial charge < -0.3 is 4.72 Å². The maximum Gasteiger partial charge on any atom is 0.0450 e. The molecule has 1 aliphatic heterocycles. The molecule has 1 nitrogen and oxygen atoms in total. The Balaban J connectivity index is 0.000000106. The standard InChI is InChI=1S/C6H4S2.C5H6.C2H3NS2/c1-3-7-6-2-4-8-5(1)6;2*1-2-4-5-3-1/h1-4H;1-4H,5H2;1-3H. The smallest absolute Gasteiger partial charge is 0.0450 e. The highest BCUT2D eigenvalue weighted by atomic mass is 33.1. The monoisotopic (exact) mass is 311 g/mol. The zero-order chi connectivity index (χ0) is 12.5. The van der Waals surface area contributed by atoms with E-state index in [4.69, 9.17) is 0 Å². The molecule has 2 aromatic heterocycles. The molecule has 5 heteroatoms. The summed E-state index contributed by atoms with van der Waals surface area (Å²) >= 11 is 3.61. The third-order valence-corrected chi connectivity index (χ3v) is 5.39. The van der Waals surface area contributed by atoms with Crippen molar-refractivity contribution in [2.45, 2.75) is 6.42 Å². The van der Waals surface area contributed by atoms with Gasteiger partial charge in [-0.05, 0) is 40.1 Å². The van der Waals surface area contributed by atoms with Crippen molar-refractivity contribution in [3.05, 3.63) is 58.8 Å². The lowest BCUT2D eigenvalue weighted by molar-refractivity contribution is 1.45. The lowest BCUT2D eigenvalue weighted by Crippen LogP contribution is -1.76. The molecule has 0 spiro atoms. The summed E-state index contributed by atoms with van der Waals surface area (Å²) in [7, 11) is 3.33. The molecule has 0 saturated carbocycles. The third-order valence-electron chi connectivity index (χ3n) is 2.02. The van der Waals surface area contributed by atoms with Crippen LogP contribution in [0.4, 0.5) is 0 Å². The molecule has 0 bridgehead atoms. The van der Waals surface area contributed by atoms with Crippen LogP contribution in [0.25, 0.3) is 9.40 Å². The second-order valence-corrected chi connectivity index (χ2v) is 7.10. The van der Waals surface area contributed by atoms with Gasteiger partial charge in [0, 0.05) is 32.0 Å². The summed E-state index contributed by atoms with van der Waals surface area (Å²) in [5.41, 5.74) is 0. The van der Waals surface area contributed by atoms with Crippen LogP contribution in [0.2, 0.25) is 0 Å². The van der Waals surface area contributed by atoms with Crippen molar-refractivity contribution in [1.29, 1.82) is 0 Å². The number of hydrogen-bond donors (Lipinski definition) is 1. The van der Waals surface area contributed by atoms with Crippen molar-refractivity contribution < 1.29 is 0 Å². The van der Waals surface area contributed by atoms with Crippen LogP contribution in [0.3, 0.4) is 0 Å². The first-order valence-electron chi connectivity index (χ1n) is 5.42. The molecule has 18 heavy (non-hydrogen) atoms. The molecule has 0 saturated heterocycles. The number of fused-ring (bicyclic) bond motifs is 1. The van der Waals surface area contributed by atoms with Crippen LogP contribution in [0.5, 0.6) is 0 Å². The van der Waals surface area contributed by atoms with Crippen LogP contribution < -0.4 is 4.72 Å². The Morgan fingerprint density at radius 3 is 1.94 bits per heavy atom. The molecule has 3 heterocycles. The number of hydrogen-bond acceptors (Lipinski definition) is 5. The largest absolute Gasteiger partial charge is 0.327 e. The first kappa shape index (κ1) is 13.8. The second kappa shape index (κ2) is 8.48. The van der Waals surface area contributed by atoms with Crippen molar-refractivity contribution in [3.63, 3.8) is 0 Å². The van der Waals surface area contributed by atoms with E-state index < -0.39 is 0 Å². The van der Waals surface area contributed by atoms with E-state index in [1.54, 1.807) is 44.4 Å². The highest BCUT2D eigenvalue weighted by Crippen LogP contribution is 2.25. The van der Waals surface area contributed by atoms with Gasteiger partial charge in [-0.25, -0.2) is 0 Å². The number of rotatable bonds is 0. The molecule has 1 aliphatic carbocycles. The fourth-order valence-electron chi connectivity index (χ4n) is 1.23. The molecule has 0 unspecified atom stereocenters. The van der Waals surface area contributed by atoms with Gasteiger partial charge in [0.15, 0.2) is 0 Å². The highest BCUT2D eigenvalue weighted by Gasteiger charge is 1.90. The average Bonchev–Trinajstić information content (AvgIpc) is 3.18. The average molecular weight is 312 g/mol. The Hall–Kier alpha value is -0.620. The Bertz CT molecular complexity index is 469. The predicted octanol–water partition coefficient (Wildman–Crippen LogP) is 5.82. The van der Waals surface area contributed by atoms with E-state index in [0.717, 1.165) is 6.42 Å². The molecular weight excluding hydrogens is 298 g/mol.